The molecule has 0 fully saturated rings. The summed E-state index contributed by atoms with van der Waals surface area (Å²) in [6.45, 7) is 4.93. The molecule has 0 radical (unpaired) electrons. The summed E-state index contributed by atoms with van der Waals surface area (Å²) < 4.78 is 2.19. The van der Waals surface area contributed by atoms with Crippen LogP contribution in [-0.4, -0.2) is 15.9 Å². The van der Waals surface area contributed by atoms with Crippen LogP contribution in [0.5, 0.6) is 0 Å². The lowest BCUT2D eigenvalue weighted by Gasteiger charge is -2.05. The first-order valence-electron chi connectivity index (χ1n) is 7.96. The molecule has 0 spiro atoms. The predicted octanol–water partition coefficient (Wildman–Crippen LogP) is 3.30. The average molecular weight is 293 g/mol. The van der Waals surface area contributed by atoms with Crippen molar-refractivity contribution in [1.82, 2.24) is 9.38 Å². The van der Waals surface area contributed by atoms with Crippen LogP contribution in [0.25, 0.3) is 5.65 Å². The van der Waals surface area contributed by atoms with Gasteiger partial charge in [0.15, 0.2) is 0 Å². The van der Waals surface area contributed by atoms with Crippen molar-refractivity contribution in [3.63, 3.8) is 0 Å². The lowest BCUT2D eigenvalue weighted by Crippen LogP contribution is -2.07. The van der Waals surface area contributed by atoms with Gasteiger partial charge < -0.3 is 10.1 Å². The van der Waals surface area contributed by atoms with Crippen molar-refractivity contribution in [2.45, 2.75) is 33.1 Å². The second-order valence-corrected chi connectivity index (χ2v) is 5.78. The van der Waals surface area contributed by atoms with E-state index < -0.39 is 0 Å². The lowest BCUT2D eigenvalue weighted by molar-refractivity contribution is 0.881. The Morgan fingerprint density at radius 1 is 1.09 bits per heavy atom. The van der Waals surface area contributed by atoms with Crippen LogP contribution in [0.1, 0.15) is 35.0 Å². The molecule has 3 nitrogen and oxygen atoms in total. The Kier molecular flexibility index (Phi) is 4.25. The molecule has 0 amide bonds. The van der Waals surface area contributed by atoms with Crippen molar-refractivity contribution in [2.24, 2.45) is 5.73 Å². The summed E-state index contributed by atoms with van der Waals surface area (Å²) in [6.07, 6.45) is 4.88. The molecule has 0 atom stereocenters. The van der Waals surface area contributed by atoms with Crippen LogP contribution >= 0.6 is 0 Å². The van der Waals surface area contributed by atoms with E-state index in [-0.39, 0.29) is 0 Å². The SMILES string of the molecule is CCc1ccc(Cc2nc3c(C)cccn3c2CCN)cc1. The van der Waals surface area contributed by atoms with Crippen molar-refractivity contribution in [2.75, 3.05) is 6.54 Å². The quantitative estimate of drug-likeness (QED) is 0.784. The third-order valence-corrected chi connectivity index (χ3v) is 4.21. The number of rotatable bonds is 5. The van der Waals surface area contributed by atoms with E-state index in [2.05, 4.69) is 60.8 Å². The summed E-state index contributed by atoms with van der Waals surface area (Å²) >= 11 is 0. The second kappa shape index (κ2) is 6.32. The second-order valence-electron chi connectivity index (χ2n) is 5.78. The molecule has 0 saturated carbocycles. The van der Waals surface area contributed by atoms with Gasteiger partial charge in [0.25, 0.3) is 0 Å². The van der Waals surface area contributed by atoms with Crippen molar-refractivity contribution in [3.05, 3.63) is 70.7 Å². The number of aryl methyl sites for hydroxylation is 2. The van der Waals surface area contributed by atoms with Gasteiger partial charge in [-0.1, -0.05) is 37.3 Å². The highest BCUT2D eigenvalue weighted by molar-refractivity contribution is 5.51. The minimum atomic E-state index is 0.642. The van der Waals surface area contributed by atoms with Crippen LogP contribution in [0, 0.1) is 6.92 Å². The van der Waals surface area contributed by atoms with Gasteiger partial charge in [-0.25, -0.2) is 4.98 Å². The van der Waals surface area contributed by atoms with Gasteiger partial charge in [-0.2, -0.15) is 0 Å². The number of pyridine rings is 1. The van der Waals surface area contributed by atoms with Gasteiger partial charge in [0.1, 0.15) is 5.65 Å². The molecule has 3 heteroatoms. The zero-order chi connectivity index (χ0) is 15.5. The summed E-state index contributed by atoms with van der Waals surface area (Å²) in [5.41, 5.74) is 13.1. The van der Waals surface area contributed by atoms with Gasteiger partial charge in [0, 0.05) is 24.7 Å². The molecule has 2 N–H and O–H groups in total. The van der Waals surface area contributed by atoms with E-state index in [4.69, 9.17) is 10.7 Å². The molecule has 0 aliphatic rings. The fourth-order valence-electron chi connectivity index (χ4n) is 2.93. The number of benzene rings is 1. The molecule has 0 saturated heterocycles. The smallest absolute Gasteiger partial charge is 0.140 e. The topological polar surface area (TPSA) is 43.3 Å². The van der Waals surface area contributed by atoms with Crippen LogP contribution in [0.2, 0.25) is 0 Å². The minimum Gasteiger partial charge on any atom is -0.330 e. The summed E-state index contributed by atoms with van der Waals surface area (Å²) in [5.74, 6) is 0. The van der Waals surface area contributed by atoms with Crippen LogP contribution < -0.4 is 5.73 Å². The molecule has 2 aromatic heterocycles. The molecule has 3 rings (SSSR count). The first kappa shape index (κ1) is 14.8. The summed E-state index contributed by atoms with van der Waals surface area (Å²) in [6, 6.07) is 13.0. The highest BCUT2D eigenvalue weighted by Crippen LogP contribution is 2.19. The highest BCUT2D eigenvalue weighted by atomic mass is 15.0. The lowest BCUT2D eigenvalue weighted by atomic mass is 10.0. The van der Waals surface area contributed by atoms with E-state index in [1.807, 2.05) is 0 Å². The summed E-state index contributed by atoms with van der Waals surface area (Å²) in [4.78, 5) is 4.88. The number of fused-ring (bicyclic) bond motifs is 1. The molecule has 0 bridgehead atoms. The molecular formula is C19H23N3. The van der Waals surface area contributed by atoms with Crippen molar-refractivity contribution in [1.29, 1.82) is 0 Å². The molecular weight excluding hydrogens is 270 g/mol. The Bertz CT molecular complexity index is 769. The van der Waals surface area contributed by atoms with Gasteiger partial charge in [0.2, 0.25) is 0 Å². The fourth-order valence-corrected chi connectivity index (χ4v) is 2.93. The number of hydrogen-bond donors (Lipinski definition) is 1. The molecule has 3 aromatic rings. The van der Waals surface area contributed by atoms with Crippen molar-refractivity contribution < 1.29 is 0 Å². The Balaban J connectivity index is 2.01. The van der Waals surface area contributed by atoms with E-state index in [1.54, 1.807) is 0 Å². The van der Waals surface area contributed by atoms with Crippen LogP contribution in [0.4, 0.5) is 0 Å². The summed E-state index contributed by atoms with van der Waals surface area (Å²) in [7, 11) is 0. The zero-order valence-corrected chi connectivity index (χ0v) is 13.3. The fraction of sp³-hybridized carbons (Fsp3) is 0.316. The largest absolute Gasteiger partial charge is 0.330 e. The van der Waals surface area contributed by atoms with E-state index in [9.17, 15) is 0 Å². The molecule has 1 aromatic carbocycles. The Morgan fingerprint density at radius 3 is 2.50 bits per heavy atom. The molecule has 114 valence electrons. The molecule has 0 aliphatic heterocycles. The highest BCUT2D eigenvalue weighted by Gasteiger charge is 2.13. The summed E-state index contributed by atoms with van der Waals surface area (Å²) in [5, 5.41) is 0. The third kappa shape index (κ3) is 2.77. The Hall–Kier alpha value is -2.13. The normalized spacial score (nSPS) is 11.2. The maximum absolute atomic E-state index is 5.81. The van der Waals surface area contributed by atoms with Gasteiger partial charge >= 0.3 is 0 Å². The number of aromatic nitrogens is 2. The Morgan fingerprint density at radius 2 is 1.82 bits per heavy atom. The first-order chi connectivity index (χ1) is 10.7. The monoisotopic (exact) mass is 293 g/mol. The van der Waals surface area contributed by atoms with Gasteiger partial charge in [-0.15, -0.1) is 0 Å². The van der Waals surface area contributed by atoms with Gasteiger partial charge in [0.05, 0.1) is 5.69 Å². The van der Waals surface area contributed by atoms with E-state index in [1.165, 1.54) is 22.4 Å². The molecule has 22 heavy (non-hydrogen) atoms. The maximum Gasteiger partial charge on any atom is 0.140 e. The van der Waals surface area contributed by atoms with Gasteiger partial charge in [-0.05, 0) is 42.6 Å². The van der Waals surface area contributed by atoms with E-state index in [0.717, 1.165) is 30.6 Å². The van der Waals surface area contributed by atoms with Crippen molar-refractivity contribution in [3.8, 4) is 0 Å². The van der Waals surface area contributed by atoms with Crippen LogP contribution in [-0.2, 0) is 19.3 Å². The average Bonchev–Trinajstić information content (AvgIpc) is 2.88. The molecule has 0 aliphatic carbocycles. The third-order valence-electron chi connectivity index (χ3n) is 4.21. The van der Waals surface area contributed by atoms with Crippen LogP contribution in [0.15, 0.2) is 42.6 Å². The van der Waals surface area contributed by atoms with Gasteiger partial charge in [-0.3, -0.25) is 0 Å². The Labute approximate surface area is 131 Å². The standard InChI is InChI=1S/C19H23N3/c1-3-15-6-8-16(9-7-15)13-17-18(10-11-20)22-12-4-5-14(2)19(22)21-17/h4-9,12H,3,10-11,13,20H2,1-2H3. The maximum atomic E-state index is 5.81. The number of hydrogen-bond acceptors (Lipinski definition) is 2. The van der Waals surface area contributed by atoms with E-state index in [0.29, 0.717) is 6.54 Å². The first-order valence-corrected chi connectivity index (χ1v) is 7.96. The van der Waals surface area contributed by atoms with E-state index >= 15 is 0 Å². The number of imidazole rings is 1. The minimum absolute atomic E-state index is 0.642. The zero-order valence-electron chi connectivity index (χ0n) is 13.3. The predicted molar refractivity (Wildman–Crippen MR) is 91.3 cm³/mol. The van der Waals surface area contributed by atoms with Crippen LogP contribution in [0.3, 0.4) is 0 Å². The van der Waals surface area contributed by atoms with Crippen molar-refractivity contribution >= 4 is 5.65 Å². The molecule has 0 unspecified atom stereocenters. The number of nitrogens with zero attached hydrogens (tertiary/aromatic N) is 2. The number of nitrogens with two attached hydrogens (primary N) is 1. The molecule has 2 heterocycles.